The molecule has 2 rings (SSSR count). The summed E-state index contributed by atoms with van der Waals surface area (Å²) in [6.07, 6.45) is 0. The first kappa shape index (κ1) is 9.51. The minimum Gasteiger partial charge on any atom is -0.325 e. The Morgan fingerprint density at radius 1 is 1.50 bits per heavy atom. The second kappa shape index (κ2) is 4.00. The lowest BCUT2D eigenvalue weighted by atomic mass is 10.3. The van der Waals surface area contributed by atoms with Crippen LogP contribution in [0.5, 0.6) is 0 Å². The average molecular weight is 224 g/mol. The number of thiazole rings is 1. The molecular weight excluding hydrogens is 216 g/mol. The van der Waals surface area contributed by atoms with Gasteiger partial charge in [-0.1, -0.05) is 6.07 Å². The van der Waals surface area contributed by atoms with Crippen LogP contribution in [0.15, 0.2) is 22.9 Å². The number of aromatic nitrogens is 1. The maximum atomic E-state index is 11.8. The molecule has 0 aliphatic heterocycles. The maximum absolute atomic E-state index is 11.8. The molecule has 0 saturated carbocycles. The molecule has 72 valence electrons. The molecule has 0 atom stereocenters. The summed E-state index contributed by atoms with van der Waals surface area (Å²) in [6, 6.07) is 3.66. The number of carbonyl (C=O) groups is 1. The van der Waals surface area contributed by atoms with Crippen molar-refractivity contribution in [1.29, 1.82) is 0 Å². The molecule has 0 spiro atoms. The van der Waals surface area contributed by atoms with Gasteiger partial charge < -0.3 is 5.73 Å². The molecule has 0 aliphatic carbocycles. The third-order valence-corrected chi connectivity index (χ3v) is 3.46. The van der Waals surface area contributed by atoms with E-state index in [0.29, 0.717) is 11.6 Å². The fraction of sp³-hybridized carbons (Fsp3) is 0.111. The van der Waals surface area contributed by atoms with Gasteiger partial charge in [0.2, 0.25) is 5.78 Å². The molecule has 0 fully saturated rings. The number of hydrogen-bond donors (Lipinski definition) is 1. The molecule has 0 amide bonds. The van der Waals surface area contributed by atoms with Gasteiger partial charge in [-0.05, 0) is 11.4 Å². The van der Waals surface area contributed by atoms with Crippen LogP contribution in [0.1, 0.15) is 20.4 Å². The summed E-state index contributed by atoms with van der Waals surface area (Å²) >= 11 is 2.78. The summed E-state index contributed by atoms with van der Waals surface area (Å²) in [7, 11) is 0. The number of nitrogens with zero attached hydrogens (tertiary/aromatic N) is 1. The number of ketones is 1. The lowest BCUT2D eigenvalue weighted by molar-refractivity contribution is 0.104. The van der Waals surface area contributed by atoms with Crippen molar-refractivity contribution in [3.63, 3.8) is 0 Å². The first-order valence-electron chi connectivity index (χ1n) is 4.04. The van der Waals surface area contributed by atoms with E-state index in [9.17, 15) is 4.79 Å². The predicted octanol–water partition coefficient (Wildman–Crippen LogP) is 1.89. The Morgan fingerprint density at radius 3 is 2.93 bits per heavy atom. The SMILES string of the molecule is NCc1csc(C(=O)c2cccs2)n1. The zero-order chi connectivity index (χ0) is 9.97. The molecule has 0 aromatic carbocycles. The van der Waals surface area contributed by atoms with E-state index >= 15 is 0 Å². The van der Waals surface area contributed by atoms with E-state index < -0.39 is 0 Å². The van der Waals surface area contributed by atoms with E-state index in [1.807, 2.05) is 16.8 Å². The van der Waals surface area contributed by atoms with Gasteiger partial charge in [0.15, 0.2) is 5.01 Å². The van der Waals surface area contributed by atoms with Gasteiger partial charge in [-0.2, -0.15) is 0 Å². The molecule has 3 nitrogen and oxygen atoms in total. The molecular formula is C9H8N2OS2. The second-order valence-corrected chi connectivity index (χ2v) is 4.46. The Bertz CT molecular complexity index is 433. The van der Waals surface area contributed by atoms with E-state index in [1.165, 1.54) is 22.7 Å². The maximum Gasteiger partial charge on any atom is 0.231 e. The van der Waals surface area contributed by atoms with Crippen LogP contribution >= 0.6 is 22.7 Å². The molecule has 2 heterocycles. The number of nitrogens with two attached hydrogens (primary N) is 1. The van der Waals surface area contributed by atoms with Crippen LogP contribution in [0.25, 0.3) is 0 Å². The third kappa shape index (κ3) is 1.75. The monoisotopic (exact) mass is 224 g/mol. The van der Waals surface area contributed by atoms with Crippen molar-refractivity contribution in [2.45, 2.75) is 6.54 Å². The summed E-state index contributed by atoms with van der Waals surface area (Å²) in [4.78, 5) is 16.6. The average Bonchev–Trinajstić information content (AvgIpc) is 2.88. The molecule has 0 unspecified atom stereocenters. The Balaban J connectivity index is 2.28. The van der Waals surface area contributed by atoms with Crippen LogP contribution in [-0.4, -0.2) is 10.8 Å². The van der Waals surface area contributed by atoms with E-state index in [4.69, 9.17) is 5.73 Å². The fourth-order valence-electron chi connectivity index (χ4n) is 1.02. The summed E-state index contributed by atoms with van der Waals surface area (Å²) in [5.41, 5.74) is 6.19. The number of hydrogen-bond acceptors (Lipinski definition) is 5. The largest absolute Gasteiger partial charge is 0.325 e. The highest BCUT2D eigenvalue weighted by atomic mass is 32.1. The Kier molecular flexibility index (Phi) is 2.72. The number of rotatable bonds is 3. The second-order valence-electron chi connectivity index (χ2n) is 2.65. The van der Waals surface area contributed by atoms with E-state index in [-0.39, 0.29) is 5.78 Å². The molecule has 2 N–H and O–H groups in total. The van der Waals surface area contributed by atoms with E-state index in [0.717, 1.165) is 10.6 Å². The minimum atomic E-state index is -0.00954. The van der Waals surface area contributed by atoms with Crippen molar-refractivity contribution < 1.29 is 4.79 Å². The van der Waals surface area contributed by atoms with Crippen molar-refractivity contribution in [3.05, 3.63) is 38.5 Å². The zero-order valence-corrected chi connectivity index (χ0v) is 8.90. The molecule has 0 bridgehead atoms. The molecule has 0 saturated heterocycles. The molecule has 2 aromatic heterocycles. The van der Waals surface area contributed by atoms with Gasteiger partial charge in [-0.3, -0.25) is 4.79 Å². The predicted molar refractivity (Wildman–Crippen MR) is 57.8 cm³/mol. The lowest BCUT2D eigenvalue weighted by Gasteiger charge is -1.90. The van der Waals surface area contributed by atoms with Crippen LogP contribution in [-0.2, 0) is 6.54 Å². The van der Waals surface area contributed by atoms with Crippen molar-refractivity contribution >= 4 is 28.5 Å². The van der Waals surface area contributed by atoms with Gasteiger partial charge in [-0.15, -0.1) is 22.7 Å². The number of thiophene rings is 1. The van der Waals surface area contributed by atoms with Gasteiger partial charge >= 0.3 is 0 Å². The highest BCUT2D eigenvalue weighted by Crippen LogP contribution is 2.17. The van der Waals surface area contributed by atoms with Crippen molar-refractivity contribution in [1.82, 2.24) is 4.98 Å². The van der Waals surface area contributed by atoms with Crippen LogP contribution in [0, 0.1) is 0 Å². The highest BCUT2D eigenvalue weighted by molar-refractivity contribution is 7.15. The van der Waals surface area contributed by atoms with E-state index in [1.54, 1.807) is 6.07 Å². The summed E-state index contributed by atoms with van der Waals surface area (Å²) in [6.45, 7) is 0.383. The van der Waals surface area contributed by atoms with E-state index in [2.05, 4.69) is 4.98 Å². The van der Waals surface area contributed by atoms with Gasteiger partial charge in [0, 0.05) is 11.9 Å². The first-order valence-corrected chi connectivity index (χ1v) is 5.80. The Morgan fingerprint density at radius 2 is 2.36 bits per heavy atom. The molecule has 0 radical (unpaired) electrons. The summed E-state index contributed by atoms with van der Waals surface area (Å²) in [5, 5.41) is 4.22. The molecule has 5 heteroatoms. The molecule has 14 heavy (non-hydrogen) atoms. The van der Waals surface area contributed by atoms with Crippen molar-refractivity contribution in [3.8, 4) is 0 Å². The van der Waals surface area contributed by atoms with Crippen LogP contribution in [0.2, 0.25) is 0 Å². The first-order chi connectivity index (χ1) is 6.81. The quantitative estimate of drug-likeness (QED) is 0.810. The van der Waals surface area contributed by atoms with Crippen LogP contribution < -0.4 is 5.73 Å². The Hall–Kier alpha value is -1.04. The normalized spacial score (nSPS) is 10.4. The van der Waals surface area contributed by atoms with Crippen molar-refractivity contribution in [2.24, 2.45) is 5.73 Å². The molecule has 0 aliphatic rings. The van der Waals surface area contributed by atoms with Gasteiger partial charge in [0.1, 0.15) is 0 Å². The minimum absolute atomic E-state index is 0.00954. The zero-order valence-electron chi connectivity index (χ0n) is 7.27. The third-order valence-electron chi connectivity index (χ3n) is 1.70. The number of carbonyl (C=O) groups excluding carboxylic acids is 1. The smallest absolute Gasteiger partial charge is 0.231 e. The summed E-state index contributed by atoms with van der Waals surface area (Å²) < 4.78 is 0. The topological polar surface area (TPSA) is 56.0 Å². The Labute approximate surface area is 89.2 Å². The van der Waals surface area contributed by atoms with Crippen LogP contribution in [0.3, 0.4) is 0 Å². The van der Waals surface area contributed by atoms with Crippen LogP contribution in [0.4, 0.5) is 0 Å². The molecule has 2 aromatic rings. The van der Waals surface area contributed by atoms with Gasteiger partial charge in [-0.25, -0.2) is 4.98 Å². The van der Waals surface area contributed by atoms with Crippen molar-refractivity contribution in [2.75, 3.05) is 0 Å². The standard InChI is InChI=1S/C9H8N2OS2/c10-4-6-5-14-9(11-6)8(12)7-2-1-3-13-7/h1-3,5H,4,10H2. The lowest BCUT2D eigenvalue weighted by Crippen LogP contribution is -2.00. The highest BCUT2D eigenvalue weighted by Gasteiger charge is 2.13. The fourth-order valence-corrected chi connectivity index (χ4v) is 2.53. The van der Waals surface area contributed by atoms with Gasteiger partial charge in [0.05, 0.1) is 10.6 Å². The van der Waals surface area contributed by atoms with Gasteiger partial charge in [0.25, 0.3) is 0 Å². The summed E-state index contributed by atoms with van der Waals surface area (Å²) in [5.74, 6) is -0.00954.